The van der Waals surface area contributed by atoms with Crippen molar-refractivity contribution in [2.24, 2.45) is 0 Å². The molecule has 22 heavy (non-hydrogen) atoms. The number of methoxy groups -OCH3 is 2. The number of carbonyl (C=O) groups is 1. The maximum absolute atomic E-state index is 11.3. The summed E-state index contributed by atoms with van der Waals surface area (Å²) in [6, 6.07) is 5.62. The van der Waals surface area contributed by atoms with Gasteiger partial charge in [-0.2, -0.15) is 0 Å². The van der Waals surface area contributed by atoms with Crippen LogP contribution in [0.3, 0.4) is 0 Å². The number of rotatable bonds is 10. The molecule has 0 radical (unpaired) electrons. The topological polar surface area (TPSA) is 60.0 Å². The van der Waals surface area contributed by atoms with Crippen molar-refractivity contribution in [1.82, 2.24) is 0 Å². The molecule has 1 aromatic carbocycles. The third-order valence-electron chi connectivity index (χ3n) is 3.05. The Hall–Kier alpha value is -1.79. The van der Waals surface area contributed by atoms with E-state index in [4.69, 9.17) is 14.2 Å². The van der Waals surface area contributed by atoms with Crippen LogP contribution in [0.25, 0.3) is 0 Å². The van der Waals surface area contributed by atoms with E-state index in [0.29, 0.717) is 32.9 Å². The van der Waals surface area contributed by atoms with Gasteiger partial charge >= 0.3 is 0 Å². The summed E-state index contributed by atoms with van der Waals surface area (Å²) in [6.07, 6.45) is 0. The minimum Gasteiger partial charge on any atom is -0.492 e. The highest BCUT2D eigenvalue weighted by Gasteiger charge is 2.14. The predicted molar refractivity (Wildman–Crippen MR) is 87.9 cm³/mol. The van der Waals surface area contributed by atoms with Gasteiger partial charge in [0, 0.05) is 39.9 Å². The summed E-state index contributed by atoms with van der Waals surface area (Å²) in [5, 5.41) is 2.80. The molecule has 0 atom stereocenters. The van der Waals surface area contributed by atoms with Crippen molar-refractivity contribution < 1.29 is 19.0 Å². The highest BCUT2D eigenvalue weighted by molar-refractivity contribution is 5.89. The molecule has 0 aromatic heterocycles. The predicted octanol–water partition coefficient (Wildman–Crippen LogP) is 2.14. The molecule has 0 bridgehead atoms. The summed E-state index contributed by atoms with van der Waals surface area (Å²) < 4.78 is 16.1. The van der Waals surface area contributed by atoms with Gasteiger partial charge in [-0.15, -0.1) is 0 Å². The van der Waals surface area contributed by atoms with Gasteiger partial charge in [0.05, 0.1) is 25.5 Å². The molecule has 0 spiro atoms. The molecule has 1 amide bonds. The summed E-state index contributed by atoms with van der Waals surface area (Å²) in [6.45, 7) is 6.63. The Morgan fingerprint density at radius 3 is 2.32 bits per heavy atom. The van der Waals surface area contributed by atoms with E-state index in [1.54, 1.807) is 14.2 Å². The van der Waals surface area contributed by atoms with Crippen LogP contribution in [0.5, 0.6) is 5.75 Å². The van der Waals surface area contributed by atoms with Crippen LogP contribution in [0.2, 0.25) is 0 Å². The number of amides is 1. The van der Waals surface area contributed by atoms with E-state index in [1.165, 1.54) is 6.92 Å². The van der Waals surface area contributed by atoms with Gasteiger partial charge in [-0.1, -0.05) is 0 Å². The van der Waals surface area contributed by atoms with Gasteiger partial charge in [0.1, 0.15) is 5.75 Å². The normalized spacial score (nSPS) is 10.4. The van der Waals surface area contributed by atoms with E-state index in [2.05, 4.69) is 10.2 Å². The highest BCUT2D eigenvalue weighted by atomic mass is 16.5. The zero-order chi connectivity index (χ0) is 16.4. The average molecular weight is 310 g/mol. The molecule has 0 aliphatic carbocycles. The molecule has 0 fully saturated rings. The van der Waals surface area contributed by atoms with Crippen LogP contribution in [-0.2, 0) is 14.3 Å². The zero-order valence-corrected chi connectivity index (χ0v) is 13.8. The molecule has 0 saturated carbocycles. The third kappa shape index (κ3) is 5.91. The second kappa shape index (κ2) is 10.0. The number of nitrogens with one attached hydrogen (secondary N) is 1. The fraction of sp³-hybridized carbons (Fsp3) is 0.562. The van der Waals surface area contributed by atoms with Crippen LogP contribution in [0.4, 0.5) is 11.4 Å². The van der Waals surface area contributed by atoms with Crippen LogP contribution in [0, 0.1) is 0 Å². The average Bonchev–Trinajstić information content (AvgIpc) is 2.49. The number of ether oxygens (including phenoxy) is 3. The van der Waals surface area contributed by atoms with Crippen molar-refractivity contribution in [3.05, 3.63) is 18.2 Å². The SMILES string of the molecule is CCOc1ccc(NC(C)=O)cc1N(CCOC)CCOC. The number of nitrogens with zero attached hydrogens (tertiary/aromatic N) is 1. The molecule has 1 N–H and O–H groups in total. The number of carbonyl (C=O) groups excluding carboxylic acids is 1. The number of anilines is 2. The molecule has 124 valence electrons. The molecular weight excluding hydrogens is 284 g/mol. The quantitative estimate of drug-likeness (QED) is 0.717. The van der Waals surface area contributed by atoms with Gasteiger partial charge in [-0.3, -0.25) is 4.79 Å². The van der Waals surface area contributed by atoms with E-state index < -0.39 is 0 Å². The van der Waals surface area contributed by atoms with Gasteiger partial charge in [-0.05, 0) is 25.1 Å². The van der Waals surface area contributed by atoms with E-state index >= 15 is 0 Å². The van der Waals surface area contributed by atoms with E-state index in [0.717, 1.165) is 17.1 Å². The largest absolute Gasteiger partial charge is 0.492 e. The standard InChI is InChI=1S/C16H26N2O4/c1-5-22-16-7-6-14(17-13(2)19)12-15(16)18(8-10-20-3)9-11-21-4/h6-7,12H,5,8-11H2,1-4H3,(H,17,19). The summed E-state index contributed by atoms with van der Waals surface area (Å²) in [5.74, 6) is 0.680. The molecule has 0 heterocycles. The Morgan fingerprint density at radius 1 is 1.18 bits per heavy atom. The lowest BCUT2D eigenvalue weighted by Crippen LogP contribution is -2.31. The first-order valence-electron chi connectivity index (χ1n) is 7.39. The second-order valence-corrected chi connectivity index (χ2v) is 4.77. The summed E-state index contributed by atoms with van der Waals surface area (Å²) in [4.78, 5) is 13.4. The lowest BCUT2D eigenvalue weighted by Gasteiger charge is -2.27. The lowest BCUT2D eigenvalue weighted by atomic mass is 10.2. The summed E-state index contributed by atoms with van der Waals surface area (Å²) in [5.41, 5.74) is 1.66. The first-order valence-corrected chi connectivity index (χ1v) is 7.39. The van der Waals surface area contributed by atoms with E-state index in [-0.39, 0.29) is 5.91 Å². The maximum atomic E-state index is 11.3. The van der Waals surface area contributed by atoms with Gasteiger partial charge in [0.15, 0.2) is 0 Å². The van der Waals surface area contributed by atoms with Gasteiger partial charge in [-0.25, -0.2) is 0 Å². The van der Waals surface area contributed by atoms with Crippen molar-refractivity contribution in [2.75, 3.05) is 57.3 Å². The molecule has 0 aliphatic rings. The third-order valence-corrected chi connectivity index (χ3v) is 3.05. The first-order chi connectivity index (χ1) is 10.6. The van der Waals surface area contributed by atoms with Crippen molar-refractivity contribution in [3.8, 4) is 5.75 Å². The minimum atomic E-state index is -0.101. The fourth-order valence-electron chi connectivity index (χ4n) is 2.08. The molecule has 1 aromatic rings. The molecule has 0 aliphatic heterocycles. The van der Waals surface area contributed by atoms with E-state index in [1.807, 2.05) is 25.1 Å². The summed E-state index contributed by atoms with van der Waals surface area (Å²) >= 11 is 0. The molecule has 6 heteroatoms. The Labute approximate surface area is 132 Å². The minimum absolute atomic E-state index is 0.101. The van der Waals surface area contributed by atoms with Crippen molar-refractivity contribution in [3.63, 3.8) is 0 Å². The van der Waals surface area contributed by atoms with Crippen molar-refractivity contribution in [1.29, 1.82) is 0 Å². The van der Waals surface area contributed by atoms with Crippen LogP contribution in [-0.4, -0.2) is 53.0 Å². The second-order valence-electron chi connectivity index (χ2n) is 4.77. The molecule has 0 unspecified atom stereocenters. The monoisotopic (exact) mass is 310 g/mol. The van der Waals surface area contributed by atoms with Crippen molar-refractivity contribution in [2.45, 2.75) is 13.8 Å². The van der Waals surface area contributed by atoms with Crippen LogP contribution in [0.15, 0.2) is 18.2 Å². The number of hydrogen-bond acceptors (Lipinski definition) is 5. The Kier molecular flexibility index (Phi) is 8.32. The molecular formula is C16H26N2O4. The Balaban J connectivity index is 3.07. The number of benzene rings is 1. The van der Waals surface area contributed by atoms with Crippen molar-refractivity contribution >= 4 is 17.3 Å². The summed E-state index contributed by atoms with van der Waals surface area (Å²) in [7, 11) is 3.34. The number of hydrogen-bond donors (Lipinski definition) is 1. The highest BCUT2D eigenvalue weighted by Crippen LogP contribution is 2.31. The van der Waals surface area contributed by atoms with Crippen LogP contribution in [0.1, 0.15) is 13.8 Å². The van der Waals surface area contributed by atoms with Crippen LogP contribution >= 0.6 is 0 Å². The smallest absolute Gasteiger partial charge is 0.221 e. The first kappa shape index (κ1) is 18.3. The Morgan fingerprint density at radius 2 is 1.82 bits per heavy atom. The fourth-order valence-corrected chi connectivity index (χ4v) is 2.08. The van der Waals surface area contributed by atoms with Gasteiger partial charge in [0.2, 0.25) is 5.91 Å². The molecule has 6 nitrogen and oxygen atoms in total. The van der Waals surface area contributed by atoms with Crippen LogP contribution < -0.4 is 15.0 Å². The Bertz CT molecular complexity index is 457. The molecule has 1 rings (SSSR count). The van der Waals surface area contributed by atoms with Gasteiger partial charge < -0.3 is 24.4 Å². The maximum Gasteiger partial charge on any atom is 0.221 e. The molecule has 0 saturated heterocycles. The zero-order valence-electron chi connectivity index (χ0n) is 13.8. The lowest BCUT2D eigenvalue weighted by molar-refractivity contribution is -0.114. The van der Waals surface area contributed by atoms with E-state index in [9.17, 15) is 4.79 Å². The van der Waals surface area contributed by atoms with Gasteiger partial charge in [0.25, 0.3) is 0 Å².